The van der Waals surface area contributed by atoms with Gasteiger partial charge in [0.2, 0.25) is 0 Å². The van der Waals surface area contributed by atoms with E-state index >= 15 is 0 Å². The van der Waals surface area contributed by atoms with Crippen LogP contribution in [-0.2, 0) is 0 Å². The van der Waals surface area contributed by atoms with E-state index in [2.05, 4.69) is 4.98 Å². The first-order valence-electron chi connectivity index (χ1n) is 1.96. The van der Waals surface area contributed by atoms with Gasteiger partial charge in [-0.2, -0.15) is 0 Å². The van der Waals surface area contributed by atoms with Gasteiger partial charge in [-0.05, 0) is 0 Å². The predicted octanol–water partition coefficient (Wildman–Crippen LogP) is -2.84. The van der Waals surface area contributed by atoms with Gasteiger partial charge in [0.05, 0.1) is 0 Å². The molecule has 0 N–H and O–H groups in total. The molecular formula is C5H4NNaO. The average Bonchev–Trinajstić information content (AvgIpc) is 1.69. The number of pyridine rings is 1. The molecule has 8 heavy (non-hydrogen) atoms. The van der Waals surface area contributed by atoms with Crippen molar-refractivity contribution in [3.8, 4) is 5.75 Å². The standard InChI is InChI=1S/C5H5NO.Na/c7-5-1-3-6-4-2-5;/h1-4H,(H,6,7);/q;+1/p-1. The van der Waals surface area contributed by atoms with Crippen LogP contribution in [0.5, 0.6) is 5.75 Å². The van der Waals surface area contributed by atoms with E-state index in [1.165, 1.54) is 24.5 Å². The monoisotopic (exact) mass is 117 g/mol. The summed E-state index contributed by atoms with van der Waals surface area (Å²) in [6.07, 6.45) is 2.95. The second-order valence-corrected chi connectivity index (χ2v) is 1.18. The number of hydrogen-bond acceptors (Lipinski definition) is 2. The van der Waals surface area contributed by atoms with Crippen molar-refractivity contribution in [2.45, 2.75) is 0 Å². The van der Waals surface area contributed by atoms with Crippen LogP contribution in [0, 0.1) is 0 Å². The minimum Gasteiger partial charge on any atom is -0.872 e. The Kier molecular flexibility index (Phi) is 3.87. The summed E-state index contributed by atoms with van der Waals surface area (Å²) >= 11 is 0. The molecule has 0 bridgehead atoms. The van der Waals surface area contributed by atoms with Crippen molar-refractivity contribution in [2.75, 3.05) is 0 Å². The van der Waals surface area contributed by atoms with Gasteiger partial charge in [0, 0.05) is 12.4 Å². The Morgan fingerprint density at radius 3 is 2.00 bits per heavy atom. The van der Waals surface area contributed by atoms with Gasteiger partial charge in [0.25, 0.3) is 0 Å². The molecule has 0 saturated carbocycles. The first-order chi connectivity index (χ1) is 3.39. The topological polar surface area (TPSA) is 36.0 Å². The summed E-state index contributed by atoms with van der Waals surface area (Å²) in [7, 11) is 0. The SMILES string of the molecule is [Na+].[O-]c1ccncc1. The van der Waals surface area contributed by atoms with Crippen LogP contribution in [0.3, 0.4) is 0 Å². The maximum atomic E-state index is 10.2. The number of hydrogen-bond donors (Lipinski definition) is 0. The summed E-state index contributed by atoms with van der Waals surface area (Å²) in [4.78, 5) is 3.65. The molecule has 1 heterocycles. The van der Waals surface area contributed by atoms with Crippen molar-refractivity contribution in [1.29, 1.82) is 0 Å². The van der Waals surface area contributed by atoms with Gasteiger partial charge in [-0.1, -0.05) is 12.1 Å². The zero-order chi connectivity index (χ0) is 5.11. The quantitative estimate of drug-likeness (QED) is 0.343. The first kappa shape index (κ1) is 7.95. The molecule has 0 aromatic carbocycles. The van der Waals surface area contributed by atoms with Crippen LogP contribution in [0.1, 0.15) is 0 Å². The second-order valence-electron chi connectivity index (χ2n) is 1.18. The zero-order valence-electron chi connectivity index (χ0n) is 4.66. The van der Waals surface area contributed by atoms with Crippen LogP contribution in [0.15, 0.2) is 24.5 Å². The molecule has 1 aromatic rings. The van der Waals surface area contributed by atoms with Gasteiger partial charge in [-0.15, -0.1) is 5.75 Å². The Morgan fingerprint density at radius 2 is 1.75 bits per heavy atom. The summed E-state index contributed by atoms with van der Waals surface area (Å²) in [5.74, 6) is 0.00926. The average molecular weight is 117 g/mol. The molecule has 0 atom stereocenters. The predicted molar refractivity (Wildman–Crippen MR) is 23.7 cm³/mol. The Hall–Kier alpha value is -0.0500. The Labute approximate surface area is 69.9 Å². The number of rotatable bonds is 0. The van der Waals surface area contributed by atoms with Crippen LogP contribution in [0.2, 0.25) is 0 Å². The van der Waals surface area contributed by atoms with Crippen molar-refractivity contribution >= 4 is 0 Å². The molecule has 0 radical (unpaired) electrons. The molecule has 1 rings (SSSR count). The van der Waals surface area contributed by atoms with Crippen molar-refractivity contribution in [2.24, 2.45) is 0 Å². The molecule has 1 aromatic heterocycles. The largest absolute Gasteiger partial charge is 1.00 e. The van der Waals surface area contributed by atoms with E-state index in [-0.39, 0.29) is 35.3 Å². The van der Waals surface area contributed by atoms with Gasteiger partial charge in [0.1, 0.15) is 0 Å². The Balaban J connectivity index is 0.000000490. The van der Waals surface area contributed by atoms with E-state index in [1.807, 2.05) is 0 Å². The Bertz CT molecular complexity index is 142. The van der Waals surface area contributed by atoms with Gasteiger partial charge in [0.15, 0.2) is 0 Å². The molecular weight excluding hydrogens is 113 g/mol. The molecule has 0 fully saturated rings. The molecule has 0 aliphatic carbocycles. The van der Waals surface area contributed by atoms with E-state index in [1.54, 1.807) is 0 Å². The fourth-order valence-electron chi connectivity index (χ4n) is 0.338. The van der Waals surface area contributed by atoms with Crippen LogP contribution in [0.25, 0.3) is 0 Å². The molecule has 0 spiro atoms. The molecule has 0 amide bonds. The minimum atomic E-state index is 0. The third-order valence-corrected chi connectivity index (χ3v) is 0.650. The van der Waals surface area contributed by atoms with Crippen molar-refractivity contribution < 1.29 is 34.7 Å². The van der Waals surface area contributed by atoms with Crippen LogP contribution >= 0.6 is 0 Å². The van der Waals surface area contributed by atoms with E-state index in [4.69, 9.17) is 0 Å². The van der Waals surface area contributed by atoms with Gasteiger partial charge < -0.3 is 5.11 Å². The fraction of sp³-hybridized carbons (Fsp3) is 0. The van der Waals surface area contributed by atoms with E-state index < -0.39 is 0 Å². The molecule has 0 unspecified atom stereocenters. The van der Waals surface area contributed by atoms with Gasteiger partial charge in [-0.25, -0.2) is 0 Å². The van der Waals surface area contributed by atoms with E-state index in [0.29, 0.717) is 0 Å². The molecule has 2 nitrogen and oxygen atoms in total. The molecule has 0 aliphatic rings. The van der Waals surface area contributed by atoms with Crippen molar-refractivity contribution in [3.05, 3.63) is 24.5 Å². The van der Waals surface area contributed by atoms with Gasteiger partial charge in [-0.3, -0.25) is 4.98 Å². The third-order valence-electron chi connectivity index (χ3n) is 0.650. The van der Waals surface area contributed by atoms with Crippen LogP contribution in [0.4, 0.5) is 0 Å². The summed E-state index contributed by atoms with van der Waals surface area (Å²) in [6.45, 7) is 0. The number of aromatic nitrogens is 1. The van der Waals surface area contributed by atoms with Crippen LogP contribution < -0.4 is 34.7 Å². The molecule has 3 heteroatoms. The third kappa shape index (κ3) is 2.31. The molecule has 0 aliphatic heterocycles. The number of nitrogens with zero attached hydrogens (tertiary/aromatic N) is 1. The molecule has 0 saturated heterocycles. The second kappa shape index (κ2) is 3.89. The summed E-state index contributed by atoms with van der Waals surface area (Å²) in [5.41, 5.74) is 0. The zero-order valence-corrected chi connectivity index (χ0v) is 6.66. The summed E-state index contributed by atoms with van der Waals surface area (Å²) < 4.78 is 0. The van der Waals surface area contributed by atoms with E-state index in [0.717, 1.165) is 0 Å². The summed E-state index contributed by atoms with van der Waals surface area (Å²) in [6, 6.07) is 2.83. The fourth-order valence-corrected chi connectivity index (χ4v) is 0.338. The summed E-state index contributed by atoms with van der Waals surface area (Å²) in [5, 5.41) is 10.2. The van der Waals surface area contributed by atoms with Crippen molar-refractivity contribution in [3.63, 3.8) is 0 Å². The maximum absolute atomic E-state index is 10.2. The Morgan fingerprint density at radius 1 is 1.25 bits per heavy atom. The van der Waals surface area contributed by atoms with E-state index in [9.17, 15) is 5.11 Å². The smallest absolute Gasteiger partial charge is 0.872 e. The first-order valence-corrected chi connectivity index (χ1v) is 1.96. The van der Waals surface area contributed by atoms with Crippen LogP contribution in [-0.4, -0.2) is 4.98 Å². The van der Waals surface area contributed by atoms with Crippen molar-refractivity contribution in [1.82, 2.24) is 4.98 Å². The normalized spacial score (nSPS) is 7.50. The minimum absolute atomic E-state index is 0. The van der Waals surface area contributed by atoms with Gasteiger partial charge >= 0.3 is 29.6 Å². The maximum Gasteiger partial charge on any atom is 1.00 e. The molecule has 36 valence electrons.